The van der Waals surface area contributed by atoms with E-state index in [0.717, 1.165) is 18.4 Å². The Morgan fingerprint density at radius 1 is 0.577 bits per heavy atom. The quantitative estimate of drug-likeness (QED) is 0.218. The van der Waals surface area contributed by atoms with Crippen LogP contribution in [-0.2, 0) is 6.42 Å². The number of hydrogen-bond acceptors (Lipinski definition) is 2. The smallest absolute Gasteiger partial charge is 0.119 e. The monoisotopic (exact) mass is 362 g/mol. The second-order valence-electron chi connectivity index (χ2n) is 7.87. The molecule has 0 aliphatic rings. The molecule has 2 nitrogen and oxygen atoms in total. The van der Waals surface area contributed by atoms with Crippen LogP contribution in [0.25, 0.3) is 0 Å². The van der Waals surface area contributed by atoms with Crippen molar-refractivity contribution >= 4 is 0 Å². The maximum absolute atomic E-state index is 9.75. The Kier molecular flexibility index (Phi) is 14.1. The van der Waals surface area contributed by atoms with Crippen LogP contribution >= 0.6 is 0 Å². The third-order valence-corrected chi connectivity index (χ3v) is 5.36. The van der Waals surface area contributed by atoms with Crippen molar-refractivity contribution in [2.75, 3.05) is 0 Å². The number of unbranched alkanes of at least 4 members (excludes halogenated alkanes) is 15. The van der Waals surface area contributed by atoms with E-state index in [1.807, 2.05) is 0 Å². The van der Waals surface area contributed by atoms with Gasteiger partial charge in [-0.15, -0.1) is 0 Å². The molecular weight excluding hydrogens is 320 g/mol. The van der Waals surface area contributed by atoms with E-state index in [1.165, 1.54) is 102 Å². The molecule has 2 heteroatoms. The van der Waals surface area contributed by atoms with Crippen molar-refractivity contribution in [2.45, 2.75) is 116 Å². The second-order valence-corrected chi connectivity index (χ2v) is 7.87. The molecule has 0 radical (unpaired) electrons. The third-order valence-electron chi connectivity index (χ3n) is 5.36. The third kappa shape index (κ3) is 12.2. The molecule has 0 unspecified atom stereocenters. The fraction of sp³-hybridized carbons (Fsp3) is 0.750. The van der Waals surface area contributed by atoms with E-state index in [2.05, 4.69) is 6.92 Å². The Balaban J connectivity index is 1.80. The zero-order chi connectivity index (χ0) is 18.9. The minimum atomic E-state index is 0.245. The summed E-state index contributed by atoms with van der Waals surface area (Å²) in [5.74, 6) is 0.554. The average molecular weight is 363 g/mol. The standard InChI is InChI=1S/C24H42O2/c1-2-3-4-5-6-7-8-9-10-11-12-13-14-15-16-17-18-22-21-23(25)19-20-24(22)26/h19-21,25-26H,2-18H2,1H3. The number of hydrogen-bond donors (Lipinski definition) is 2. The molecule has 0 aliphatic heterocycles. The van der Waals surface area contributed by atoms with Crippen LogP contribution in [0.4, 0.5) is 0 Å². The Morgan fingerprint density at radius 2 is 1.00 bits per heavy atom. The van der Waals surface area contributed by atoms with E-state index in [0.29, 0.717) is 5.75 Å². The van der Waals surface area contributed by atoms with Gasteiger partial charge in [0.05, 0.1) is 0 Å². The van der Waals surface area contributed by atoms with E-state index in [4.69, 9.17) is 0 Å². The first-order valence-corrected chi connectivity index (χ1v) is 11.2. The molecule has 0 spiro atoms. The van der Waals surface area contributed by atoms with Crippen molar-refractivity contribution in [1.82, 2.24) is 0 Å². The van der Waals surface area contributed by atoms with Gasteiger partial charge in [-0.05, 0) is 36.6 Å². The summed E-state index contributed by atoms with van der Waals surface area (Å²) in [7, 11) is 0. The highest BCUT2D eigenvalue weighted by Gasteiger charge is 2.02. The number of phenols is 2. The molecule has 0 atom stereocenters. The average Bonchev–Trinajstić information content (AvgIpc) is 2.64. The molecule has 26 heavy (non-hydrogen) atoms. The zero-order valence-corrected chi connectivity index (χ0v) is 17.1. The molecule has 0 aliphatic carbocycles. The van der Waals surface area contributed by atoms with Crippen LogP contribution in [-0.4, -0.2) is 10.2 Å². The van der Waals surface area contributed by atoms with Gasteiger partial charge in [-0.25, -0.2) is 0 Å². The molecule has 0 fully saturated rings. The van der Waals surface area contributed by atoms with Crippen LogP contribution in [0.2, 0.25) is 0 Å². The Morgan fingerprint density at radius 3 is 1.46 bits per heavy atom. The molecule has 1 aromatic carbocycles. The lowest BCUT2D eigenvalue weighted by Gasteiger charge is -2.06. The number of aryl methyl sites for hydroxylation is 1. The van der Waals surface area contributed by atoms with E-state index >= 15 is 0 Å². The maximum atomic E-state index is 9.75. The van der Waals surface area contributed by atoms with Crippen molar-refractivity contribution in [3.63, 3.8) is 0 Å². The Labute approximate surface area is 162 Å². The van der Waals surface area contributed by atoms with Crippen molar-refractivity contribution in [2.24, 2.45) is 0 Å². The van der Waals surface area contributed by atoms with Crippen molar-refractivity contribution in [1.29, 1.82) is 0 Å². The van der Waals surface area contributed by atoms with Crippen LogP contribution in [0.15, 0.2) is 18.2 Å². The number of phenolic OH excluding ortho intramolecular Hbond substituents is 2. The topological polar surface area (TPSA) is 40.5 Å². The van der Waals surface area contributed by atoms with Gasteiger partial charge in [-0.3, -0.25) is 0 Å². The van der Waals surface area contributed by atoms with Crippen molar-refractivity contribution in [3.8, 4) is 11.5 Å². The highest BCUT2D eigenvalue weighted by molar-refractivity contribution is 5.38. The molecule has 150 valence electrons. The lowest BCUT2D eigenvalue weighted by atomic mass is 10.0. The fourth-order valence-electron chi connectivity index (χ4n) is 3.64. The van der Waals surface area contributed by atoms with E-state index in [9.17, 15) is 10.2 Å². The predicted molar refractivity (Wildman–Crippen MR) is 113 cm³/mol. The molecule has 1 rings (SSSR count). The van der Waals surface area contributed by atoms with E-state index < -0.39 is 0 Å². The molecular formula is C24H42O2. The van der Waals surface area contributed by atoms with Gasteiger partial charge in [-0.1, -0.05) is 103 Å². The molecule has 2 N–H and O–H groups in total. The van der Waals surface area contributed by atoms with Crippen LogP contribution in [0.3, 0.4) is 0 Å². The Hall–Kier alpha value is -1.18. The molecule has 0 aromatic heterocycles. The SMILES string of the molecule is CCCCCCCCCCCCCCCCCCc1cc(O)ccc1O. The largest absolute Gasteiger partial charge is 0.508 e. The summed E-state index contributed by atoms with van der Waals surface area (Å²) in [5, 5.41) is 19.2. The highest BCUT2D eigenvalue weighted by atomic mass is 16.3. The second kappa shape index (κ2) is 16.0. The van der Waals surface area contributed by atoms with Crippen molar-refractivity contribution < 1.29 is 10.2 Å². The minimum absolute atomic E-state index is 0.245. The van der Waals surface area contributed by atoms with E-state index in [1.54, 1.807) is 12.1 Å². The van der Waals surface area contributed by atoms with Crippen LogP contribution in [0, 0.1) is 0 Å². The van der Waals surface area contributed by atoms with Gasteiger partial charge >= 0.3 is 0 Å². The van der Waals surface area contributed by atoms with Crippen LogP contribution < -0.4 is 0 Å². The molecule has 0 bridgehead atoms. The summed E-state index contributed by atoms with van der Waals surface area (Å²) < 4.78 is 0. The first kappa shape index (κ1) is 22.9. The summed E-state index contributed by atoms with van der Waals surface area (Å²) in [4.78, 5) is 0. The molecule has 0 heterocycles. The van der Waals surface area contributed by atoms with Gasteiger partial charge in [-0.2, -0.15) is 0 Å². The van der Waals surface area contributed by atoms with Gasteiger partial charge in [0.15, 0.2) is 0 Å². The Bertz CT molecular complexity index is 442. The number of benzene rings is 1. The number of rotatable bonds is 17. The first-order chi connectivity index (χ1) is 12.7. The molecule has 1 aromatic rings. The number of aromatic hydroxyl groups is 2. The van der Waals surface area contributed by atoms with Gasteiger partial charge in [0.25, 0.3) is 0 Å². The summed E-state index contributed by atoms with van der Waals surface area (Å²) in [5.41, 5.74) is 0.871. The summed E-state index contributed by atoms with van der Waals surface area (Å²) in [6.45, 7) is 2.28. The van der Waals surface area contributed by atoms with Gasteiger partial charge in [0.2, 0.25) is 0 Å². The van der Waals surface area contributed by atoms with Crippen molar-refractivity contribution in [3.05, 3.63) is 23.8 Å². The van der Waals surface area contributed by atoms with E-state index in [-0.39, 0.29) is 5.75 Å². The molecule has 0 amide bonds. The summed E-state index contributed by atoms with van der Waals surface area (Å²) in [6.07, 6.45) is 22.8. The lowest BCUT2D eigenvalue weighted by molar-refractivity contribution is 0.452. The maximum Gasteiger partial charge on any atom is 0.119 e. The van der Waals surface area contributed by atoms with Gasteiger partial charge in [0.1, 0.15) is 11.5 Å². The first-order valence-electron chi connectivity index (χ1n) is 11.2. The van der Waals surface area contributed by atoms with Gasteiger partial charge in [0, 0.05) is 0 Å². The minimum Gasteiger partial charge on any atom is -0.508 e. The van der Waals surface area contributed by atoms with Gasteiger partial charge < -0.3 is 10.2 Å². The van der Waals surface area contributed by atoms with Crippen LogP contribution in [0.5, 0.6) is 11.5 Å². The fourth-order valence-corrected chi connectivity index (χ4v) is 3.64. The normalized spacial score (nSPS) is 11.1. The predicted octanol–water partition coefficient (Wildman–Crippen LogP) is 7.90. The van der Waals surface area contributed by atoms with Crippen LogP contribution in [0.1, 0.15) is 115 Å². The highest BCUT2D eigenvalue weighted by Crippen LogP contribution is 2.24. The zero-order valence-electron chi connectivity index (χ0n) is 17.1. The summed E-state index contributed by atoms with van der Waals surface area (Å²) in [6, 6.07) is 4.80. The lowest BCUT2D eigenvalue weighted by Crippen LogP contribution is -1.88. The molecule has 0 saturated carbocycles. The molecule has 0 saturated heterocycles. The summed E-state index contributed by atoms with van der Waals surface area (Å²) >= 11 is 0.